The predicted molar refractivity (Wildman–Crippen MR) is 211 cm³/mol. The zero-order valence-corrected chi connectivity index (χ0v) is 32.3. The molecular weight excluding hydrogens is 781 g/mol. The molecule has 4 aliphatic rings. The zero-order chi connectivity index (χ0) is 36.9. The van der Waals surface area contributed by atoms with Gasteiger partial charge >= 0.3 is 6.09 Å². The Morgan fingerprint density at radius 2 is 1.60 bits per heavy atom. The molecule has 4 amide bonds. The lowest BCUT2D eigenvalue weighted by atomic mass is 9.87. The summed E-state index contributed by atoms with van der Waals surface area (Å²) in [5, 5.41) is 3.11. The number of likely N-dealkylation sites (tertiary alicyclic amines) is 3. The van der Waals surface area contributed by atoms with E-state index in [9.17, 15) is 19.2 Å². The van der Waals surface area contributed by atoms with Crippen molar-refractivity contribution in [1.29, 1.82) is 0 Å². The van der Waals surface area contributed by atoms with E-state index >= 15 is 0 Å². The van der Waals surface area contributed by atoms with Crippen LogP contribution in [0, 0.1) is 3.57 Å². The molecule has 1 N–H and O–H groups in total. The number of cyclic esters (lactones) is 1. The second-order valence-electron chi connectivity index (χ2n) is 14.6. The first-order chi connectivity index (χ1) is 25.8. The van der Waals surface area contributed by atoms with Gasteiger partial charge in [0.25, 0.3) is 0 Å². The standard InChI is InChI=1S/C42H48IN5O5/c1-29(31-13-5-2-6-14-31)44-40(50)36(27-38(49)46-24-20-34(21-25-46)45-22-9-4-10-23-45)47-35(19-18-30-12-11-17-33(43)26-30)39(41(47)51)48-37(28-53-42(48)52)32-15-7-3-8-16-32/h2-3,5-8,11-19,26,29,34-37,39H,4,9-10,20-25,27-28H2,1H3,(H,44,50)/b19-18+/t29-,35-,36-,37-,39+/m1/s1. The summed E-state index contributed by atoms with van der Waals surface area (Å²) in [7, 11) is 0. The minimum absolute atomic E-state index is 0.115. The molecule has 0 spiro atoms. The lowest BCUT2D eigenvalue weighted by molar-refractivity contribution is -0.164. The van der Waals surface area contributed by atoms with Crippen molar-refractivity contribution in [2.75, 3.05) is 32.8 Å². The maximum absolute atomic E-state index is 14.6. The number of rotatable bonds is 11. The van der Waals surface area contributed by atoms with Crippen molar-refractivity contribution >= 4 is 52.5 Å². The van der Waals surface area contributed by atoms with E-state index < -0.39 is 36.2 Å². The van der Waals surface area contributed by atoms with Crippen molar-refractivity contribution in [2.24, 2.45) is 0 Å². The third-order valence-corrected chi connectivity index (χ3v) is 11.9. The van der Waals surface area contributed by atoms with Gasteiger partial charge in [0.2, 0.25) is 17.7 Å². The topological polar surface area (TPSA) is 103 Å². The molecule has 278 valence electrons. The Labute approximate surface area is 325 Å². The number of β-lactam (4-membered cyclic amide) rings is 1. The molecule has 7 rings (SSSR count). The van der Waals surface area contributed by atoms with Crippen molar-refractivity contribution in [3.8, 4) is 0 Å². The quantitative estimate of drug-likeness (QED) is 0.183. The molecule has 0 saturated carbocycles. The molecular formula is C42H48IN5O5. The number of hydrogen-bond donors (Lipinski definition) is 1. The number of piperidine rings is 2. The summed E-state index contributed by atoms with van der Waals surface area (Å²) in [5.41, 5.74) is 2.70. The van der Waals surface area contributed by atoms with E-state index in [0.717, 1.165) is 46.2 Å². The van der Waals surface area contributed by atoms with Crippen molar-refractivity contribution in [1.82, 2.24) is 24.9 Å². The van der Waals surface area contributed by atoms with Gasteiger partial charge < -0.3 is 24.8 Å². The number of carbonyl (C=O) groups is 4. The normalized spacial score (nSPS) is 23.8. The summed E-state index contributed by atoms with van der Waals surface area (Å²) in [6, 6.07) is 24.1. The lowest BCUT2D eigenvalue weighted by Gasteiger charge is -2.52. The van der Waals surface area contributed by atoms with Gasteiger partial charge in [-0.25, -0.2) is 4.79 Å². The Balaban J connectivity index is 1.18. The molecule has 4 aliphatic heterocycles. The molecule has 4 heterocycles. The molecule has 0 bridgehead atoms. The summed E-state index contributed by atoms with van der Waals surface area (Å²) in [4.78, 5) is 64.0. The van der Waals surface area contributed by atoms with Gasteiger partial charge in [0.1, 0.15) is 18.7 Å². The largest absolute Gasteiger partial charge is 0.447 e. The van der Waals surface area contributed by atoms with Crippen LogP contribution in [0.2, 0.25) is 0 Å². The van der Waals surface area contributed by atoms with Crippen molar-refractivity contribution in [2.45, 2.75) is 81.7 Å². The highest BCUT2D eigenvalue weighted by Crippen LogP contribution is 2.39. The molecule has 4 fully saturated rings. The number of carbonyl (C=O) groups excluding carboxylic acids is 4. The van der Waals surface area contributed by atoms with Gasteiger partial charge in [-0.3, -0.25) is 19.3 Å². The minimum Gasteiger partial charge on any atom is -0.447 e. The maximum Gasteiger partial charge on any atom is 0.411 e. The second kappa shape index (κ2) is 16.8. The SMILES string of the molecule is C[C@@H](NC(=O)[C@@H](CC(=O)N1CCC(N2CCCCC2)CC1)N1C(=O)[C@@H](N2C(=O)OC[C@@H]2c2ccccc2)[C@H]1/C=C/c1cccc(I)c1)c1ccccc1. The van der Waals surface area contributed by atoms with E-state index in [-0.39, 0.29) is 30.9 Å². The van der Waals surface area contributed by atoms with Crippen LogP contribution in [0.15, 0.2) is 91.0 Å². The minimum atomic E-state index is -1.09. The molecule has 4 saturated heterocycles. The van der Waals surface area contributed by atoms with Crippen molar-refractivity contribution in [3.63, 3.8) is 0 Å². The first kappa shape index (κ1) is 37.1. The molecule has 0 aromatic heterocycles. The van der Waals surface area contributed by atoms with Crippen LogP contribution in [-0.4, -0.2) is 100 Å². The van der Waals surface area contributed by atoms with Crippen molar-refractivity contribution < 1.29 is 23.9 Å². The van der Waals surface area contributed by atoms with E-state index in [1.807, 2.05) is 109 Å². The lowest BCUT2D eigenvalue weighted by Crippen LogP contribution is -2.74. The summed E-state index contributed by atoms with van der Waals surface area (Å²) in [6.07, 6.45) is 8.62. The molecule has 0 unspecified atom stereocenters. The maximum atomic E-state index is 14.6. The number of nitrogens with zero attached hydrogens (tertiary/aromatic N) is 4. The van der Waals surface area contributed by atoms with Gasteiger partial charge in [-0.05, 0) is 97.1 Å². The van der Waals surface area contributed by atoms with E-state index in [2.05, 4.69) is 32.8 Å². The Kier molecular flexibility index (Phi) is 11.8. The number of ether oxygens (including phenoxy) is 1. The highest BCUT2D eigenvalue weighted by molar-refractivity contribution is 14.1. The average Bonchev–Trinajstić information content (AvgIpc) is 3.56. The second-order valence-corrected chi connectivity index (χ2v) is 15.8. The number of nitrogens with one attached hydrogen (secondary N) is 1. The summed E-state index contributed by atoms with van der Waals surface area (Å²) in [5.74, 6) is -0.930. The van der Waals surface area contributed by atoms with E-state index in [4.69, 9.17) is 4.74 Å². The van der Waals surface area contributed by atoms with Gasteiger partial charge in [-0.1, -0.05) is 91.4 Å². The van der Waals surface area contributed by atoms with Gasteiger partial charge in [0.05, 0.1) is 24.5 Å². The Bertz CT molecular complexity index is 1790. The van der Waals surface area contributed by atoms with E-state index in [1.54, 1.807) is 0 Å². The fourth-order valence-electron chi connectivity index (χ4n) is 8.36. The number of halogens is 1. The van der Waals surface area contributed by atoms with Crippen LogP contribution >= 0.6 is 22.6 Å². The fourth-order valence-corrected chi connectivity index (χ4v) is 8.93. The van der Waals surface area contributed by atoms with Crippen LogP contribution in [-0.2, 0) is 19.1 Å². The summed E-state index contributed by atoms with van der Waals surface area (Å²) < 4.78 is 6.61. The molecule has 0 radical (unpaired) electrons. The third-order valence-electron chi connectivity index (χ3n) is 11.3. The van der Waals surface area contributed by atoms with Crippen LogP contribution in [0.4, 0.5) is 4.79 Å². The van der Waals surface area contributed by atoms with Crippen LogP contribution in [0.5, 0.6) is 0 Å². The van der Waals surface area contributed by atoms with Crippen molar-refractivity contribution in [3.05, 3.63) is 111 Å². The average molecular weight is 830 g/mol. The molecule has 3 aromatic carbocycles. The van der Waals surface area contributed by atoms with Gasteiger partial charge in [0, 0.05) is 22.7 Å². The predicted octanol–water partition coefficient (Wildman–Crippen LogP) is 6.19. The van der Waals surface area contributed by atoms with E-state index in [1.165, 1.54) is 29.1 Å². The molecule has 0 aliphatic carbocycles. The van der Waals surface area contributed by atoms with Gasteiger partial charge in [-0.2, -0.15) is 0 Å². The molecule has 5 atom stereocenters. The number of hydrogen-bond acceptors (Lipinski definition) is 6. The fraction of sp³-hybridized carbons (Fsp3) is 0.429. The Hall–Kier alpha value is -4.23. The molecule has 10 nitrogen and oxygen atoms in total. The summed E-state index contributed by atoms with van der Waals surface area (Å²) in [6.45, 7) is 5.50. The highest BCUT2D eigenvalue weighted by atomic mass is 127. The molecule has 53 heavy (non-hydrogen) atoms. The number of benzene rings is 3. The smallest absolute Gasteiger partial charge is 0.411 e. The Morgan fingerprint density at radius 1 is 0.906 bits per heavy atom. The highest BCUT2D eigenvalue weighted by Gasteiger charge is 2.58. The van der Waals surface area contributed by atoms with Gasteiger partial charge in [-0.15, -0.1) is 0 Å². The van der Waals surface area contributed by atoms with Crippen LogP contribution in [0.25, 0.3) is 6.08 Å². The number of amides is 4. The Morgan fingerprint density at radius 3 is 2.30 bits per heavy atom. The monoisotopic (exact) mass is 829 g/mol. The zero-order valence-electron chi connectivity index (χ0n) is 30.2. The van der Waals surface area contributed by atoms with Crippen LogP contribution < -0.4 is 5.32 Å². The van der Waals surface area contributed by atoms with Crippen LogP contribution in [0.3, 0.4) is 0 Å². The van der Waals surface area contributed by atoms with E-state index in [0.29, 0.717) is 19.1 Å². The third kappa shape index (κ3) is 8.31. The summed E-state index contributed by atoms with van der Waals surface area (Å²) >= 11 is 2.26. The first-order valence-corrected chi connectivity index (χ1v) is 20.0. The first-order valence-electron chi connectivity index (χ1n) is 18.9. The van der Waals surface area contributed by atoms with Crippen LogP contribution in [0.1, 0.15) is 74.2 Å². The molecule has 3 aromatic rings. The van der Waals surface area contributed by atoms with Gasteiger partial charge in [0.15, 0.2) is 0 Å². The molecule has 11 heteroatoms.